The normalized spacial score (nSPS) is 9.26. The molecule has 0 amide bonds. The Balaban J connectivity index is 2.11. The second kappa shape index (κ2) is 6.37. The molecule has 0 unspecified atom stereocenters. The second-order valence-electron chi connectivity index (χ2n) is 3.47. The van der Waals surface area contributed by atoms with Crippen LogP contribution in [0.2, 0.25) is 0 Å². The minimum absolute atomic E-state index is 0.588. The summed E-state index contributed by atoms with van der Waals surface area (Å²) in [6.45, 7) is 0. The summed E-state index contributed by atoms with van der Waals surface area (Å²) in [5.41, 5.74) is 17.8. The zero-order chi connectivity index (χ0) is 13.5. The molecule has 0 atom stereocenters. The standard InChI is InChI=1S/C12H8N6S/c13-17-15-9-1-5-11(6-2-9)19-12-7-3-10(4-8-12)16-18-14/h1-8H. The summed E-state index contributed by atoms with van der Waals surface area (Å²) in [6.07, 6.45) is 0. The molecule has 0 saturated heterocycles. The van der Waals surface area contributed by atoms with Gasteiger partial charge in [-0.05, 0) is 35.3 Å². The van der Waals surface area contributed by atoms with Crippen molar-refractivity contribution in [2.45, 2.75) is 9.79 Å². The van der Waals surface area contributed by atoms with E-state index in [0.29, 0.717) is 11.4 Å². The zero-order valence-corrected chi connectivity index (χ0v) is 10.5. The van der Waals surface area contributed by atoms with Crippen LogP contribution in [0.5, 0.6) is 0 Å². The van der Waals surface area contributed by atoms with Gasteiger partial charge in [0.2, 0.25) is 0 Å². The Morgan fingerprint density at radius 2 is 1.05 bits per heavy atom. The van der Waals surface area contributed by atoms with E-state index < -0.39 is 0 Å². The molecule has 0 aromatic heterocycles. The van der Waals surface area contributed by atoms with E-state index in [1.165, 1.54) is 0 Å². The summed E-state index contributed by atoms with van der Waals surface area (Å²) in [6, 6.07) is 14.6. The first-order valence-electron chi connectivity index (χ1n) is 5.30. The number of azide groups is 2. The number of rotatable bonds is 4. The van der Waals surface area contributed by atoms with Crippen molar-refractivity contribution in [3.63, 3.8) is 0 Å². The van der Waals surface area contributed by atoms with E-state index in [1.807, 2.05) is 24.3 Å². The summed E-state index contributed by atoms with van der Waals surface area (Å²) in [7, 11) is 0. The first-order valence-corrected chi connectivity index (χ1v) is 6.11. The van der Waals surface area contributed by atoms with Crippen molar-refractivity contribution in [2.24, 2.45) is 10.2 Å². The molecule has 0 bridgehead atoms. The van der Waals surface area contributed by atoms with E-state index in [9.17, 15) is 0 Å². The zero-order valence-electron chi connectivity index (χ0n) is 9.71. The summed E-state index contributed by atoms with van der Waals surface area (Å²) in [5, 5.41) is 7.02. The largest absolute Gasteiger partial charge is 0.0901 e. The van der Waals surface area contributed by atoms with E-state index in [4.69, 9.17) is 11.1 Å². The number of hydrogen-bond acceptors (Lipinski definition) is 3. The Morgan fingerprint density at radius 3 is 1.37 bits per heavy atom. The highest BCUT2D eigenvalue weighted by atomic mass is 32.2. The fourth-order valence-corrected chi connectivity index (χ4v) is 2.22. The molecule has 6 nitrogen and oxygen atoms in total. The minimum atomic E-state index is 0.588. The van der Waals surface area contributed by atoms with E-state index in [2.05, 4.69) is 20.1 Å². The van der Waals surface area contributed by atoms with Crippen LogP contribution in [0.25, 0.3) is 20.9 Å². The summed E-state index contributed by atoms with van der Waals surface area (Å²) in [5.74, 6) is 0. The topological polar surface area (TPSA) is 97.5 Å². The molecule has 7 heteroatoms. The van der Waals surface area contributed by atoms with Gasteiger partial charge in [-0.25, -0.2) is 0 Å². The van der Waals surface area contributed by atoms with Crippen LogP contribution in [-0.2, 0) is 0 Å². The third kappa shape index (κ3) is 3.69. The summed E-state index contributed by atoms with van der Waals surface area (Å²) in [4.78, 5) is 7.52. The van der Waals surface area contributed by atoms with Gasteiger partial charge in [0.05, 0.1) is 0 Å². The van der Waals surface area contributed by atoms with Crippen LogP contribution < -0.4 is 0 Å². The van der Waals surface area contributed by atoms with Crippen molar-refractivity contribution in [3.05, 3.63) is 69.4 Å². The number of nitrogens with zero attached hydrogens (tertiary/aromatic N) is 6. The third-order valence-corrected chi connectivity index (χ3v) is 3.25. The molecule has 0 heterocycles. The molecule has 0 aliphatic carbocycles. The van der Waals surface area contributed by atoms with Crippen LogP contribution in [0, 0.1) is 0 Å². The van der Waals surface area contributed by atoms with Crippen molar-refractivity contribution >= 4 is 23.1 Å². The fraction of sp³-hybridized carbons (Fsp3) is 0. The molecular formula is C12H8N6S. The SMILES string of the molecule is [N-]=[N+]=Nc1ccc(Sc2ccc(N=[N+]=[N-])cc2)cc1. The van der Waals surface area contributed by atoms with Gasteiger partial charge >= 0.3 is 0 Å². The van der Waals surface area contributed by atoms with Crippen LogP contribution >= 0.6 is 11.8 Å². The molecule has 0 saturated carbocycles. The van der Waals surface area contributed by atoms with Gasteiger partial charge in [0, 0.05) is 31.0 Å². The van der Waals surface area contributed by atoms with E-state index in [1.54, 1.807) is 36.0 Å². The van der Waals surface area contributed by atoms with Crippen LogP contribution in [0.4, 0.5) is 11.4 Å². The van der Waals surface area contributed by atoms with Crippen molar-refractivity contribution in [1.29, 1.82) is 0 Å². The maximum Gasteiger partial charge on any atom is 0.0376 e. The van der Waals surface area contributed by atoms with Crippen LogP contribution in [0.1, 0.15) is 0 Å². The van der Waals surface area contributed by atoms with Gasteiger partial charge in [-0.15, -0.1) is 0 Å². The quantitative estimate of drug-likeness (QED) is 0.395. The van der Waals surface area contributed by atoms with Gasteiger partial charge in [-0.3, -0.25) is 0 Å². The van der Waals surface area contributed by atoms with Crippen LogP contribution in [0.3, 0.4) is 0 Å². The van der Waals surface area contributed by atoms with E-state index >= 15 is 0 Å². The predicted molar refractivity (Wildman–Crippen MR) is 74.6 cm³/mol. The predicted octanol–water partition coefficient (Wildman–Crippen LogP) is 5.72. The Hall–Kier alpha value is -2.59. The molecule has 19 heavy (non-hydrogen) atoms. The van der Waals surface area contributed by atoms with Crippen molar-refractivity contribution < 1.29 is 0 Å². The Kier molecular flexibility index (Phi) is 4.31. The molecule has 0 spiro atoms. The summed E-state index contributed by atoms with van der Waals surface area (Å²) < 4.78 is 0. The Labute approximate surface area is 113 Å². The molecule has 2 rings (SSSR count). The van der Waals surface area contributed by atoms with Crippen LogP contribution in [0.15, 0.2) is 68.6 Å². The van der Waals surface area contributed by atoms with Gasteiger partial charge in [-0.2, -0.15) is 0 Å². The number of hydrogen-bond donors (Lipinski definition) is 0. The average Bonchev–Trinajstić information content (AvgIpc) is 2.44. The molecule has 0 N–H and O–H groups in total. The van der Waals surface area contributed by atoms with Crippen molar-refractivity contribution in [2.75, 3.05) is 0 Å². The van der Waals surface area contributed by atoms with Crippen molar-refractivity contribution in [1.82, 2.24) is 0 Å². The van der Waals surface area contributed by atoms with Crippen molar-refractivity contribution in [3.8, 4) is 0 Å². The lowest BCUT2D eigenvalue weighted by molar-refractivity contribution is 1.36. The molecule has 92 valence electrons. The Morgan fingerprint density at radius 1 is 0.684 bits per heavy atom. The molecule has 0 radical (unpaired) electrons. The smallest absolute Gasteiger partial charge is 0.0376 e. The van der Waals surface area contributed by atoms with E-state index in [-0.39, 0.29) is 0 Å². The number of benzene rings is 2. The molecule has 2 aromatic carbocycles. The summed E-state index contributed by atoms with van der Waals surface area (Å²) >= 11 is 1.57. The maximum atomic E-state index is 8.31. The molecule has 0 fully saturated rings. The highest BCUT2D eigenvalue weighted by Gasteiger charge is 1.98. The maximum absolute atomic E-state index is 8.31. The highest BCUT2D eigenvalue weighted by molar-refractivity contribution is 7.99. The molecule has 0 aliphatic rings. The Bertz CT molecular complexity index is 592. The van der Waals surface area contributed by atoms with Gasteiger partial charge in [0.1, 0.15) is 0 Å². The minimum Gasteiger partial charge on any atom is -0.0901 e. The second-order valence-corrected chi connectivity index (χ2v) is 4.62. The van der Waals surface area contributed by atoms with E-state index in [0.717, 1.165) is 9.79 Å². The molecular weight excluding hydrogens is 260 g/mol. The monoisotopic (exact) mass is 268 g/mol. The molecule has 2 aromatic rings. The van der Waals surface area contributed by atoms with Gasteiger partial charge in [0.15, 0.2) is 0 Å². The van der Waals surface area contributed by atoms with Gasteiger partial charge in [-0.1, -0.05) is 46.3 Å². The molecule has 0 aliphatic heterocycles. The van der Waals surface area contributed by atoms with Crippen LogP contribution in [-0.4, -0.2) is 0 Å². The van der Waals surface area contributed by atoms with Gasteiger partial charge in [0.25, 0.3) is 0 Å². The first kappa shape index (κ1) is 12.9. The van der Waals surface area contributed by atoms with Gasteiger partial charge < -0.3 is 0 Å². The average molecular weight is 268 g/mol. The lowest BCUT2D eigenvalue weighted by atomic mass is 10.3. The lowest BCUT2D eigenvalue weighted by Crippen LogP contribution is -1.73. The first-order chi connectivity index (χ1) is 9.31. The third-order valence-electron chi connectivity index (χ3n) is 2.23. The highest BCUT2D eigenvalue weighted by Crippen LogP contribution is 2.30. The lowest BCUT2D eigenvalue weighted by Gasteiger charge is -2.02. The fourth-order valence-electron chi connectivity index (χ4n) is 1.40.